The number of aromatic carboxylic acids is 1. The van der Waals surface area contributed by atoms with Crippen molar-refractivity contribution in [3.63, 3.8) is 0 Å². The van der Waals surface area contributed by atoms with Crippen LogP contribution in [-0.4, -0.2) is 38.5 Å². The number of hydrogen-bond donors (Lipinski definition) is 3. The maximum absolute atomic E-state index is 12.0. The van der Waals surface area contributed by atoms with Crippen molar-refractivity contribution in [3.8, 4) is 0 Å². The van der Waals surface area contributed by atoms with Crippen LogP contribution in [-0.2, 0) is 14.8 Å². The minimum Gasteiger partial charge on any atom is -0.477 e. The summed E-state index contributed by atoms with van der Waals surface area (Å²) >= 11 is 0.663. The van der Waals surface area contributed by atoms with Crippen LogP contribution in [0.3, 0.4) is 0 Å². The van der Waals surface area contributed by atoms with Crippen LogP contribution < -0.4 is 10.0 Å². The Kier molecular flexibility index (Phi) is 5.87. The number of amides is 1. The summed E-state index contributed by atoms with van der Waals surface area (Å²) in [5.41, 5.74) is 0.372. The summed E-state index contributed by atoms with van der Waals surface area (Å²) in [4.78, 5) is 22.4. The van der Waals surface area contributed by atoms with Crippen molar-refractivity contribution in [3.05, 3.63) is 16.5 Å². The van der Waals surface area contributed by atoms with Gasteiger partial charge in [0, 0.05) is 6.54 Å². The highest BCUT2D eigenvalue weighted by Crippen LogP contribution is 2.25. The zero-order chi connectivity index (χ0) is 16.2. The zero-order valence-corrected chi connectivity index (χ0v) is 13.6. The molecule has 118 valence electrons. The molecule has 9 heteroatoms. The summed E-state index contributed by atoms with van der Waals surface area (Å²) in [5, 5.41) is 11.5. The highest BCUT2D eigenvalue weighted by atomic mass is 32.2. The minimum atomic E-state index is -3.88. The number of rotatable bonds is 7. The first-order valence-corrected chi connectivity index (χ1v) is 8.53. The van der Waals surface area contributed by atoms with Crippen LogP contribution in [0.25, 0.3) is 0 Å². The van der Waals surface area contributed by atoms with Crippen molar-refractivity contribution < 1.29 is 23.1 Å². The van der Waals surface area contributed by atoms with Crippen LogP contribution in [0, 0.1) is 12.8 Å². The van der Waals surface area contributed by atoms with Gasteiger partial charge in [0.2, 0.25) is 5.91 Å². The second-order valence-electron chi connectivity index (χ2n) is 4.91. The van der Waals surface area contributed by atoms with E-state index >= 15 is 0 Å². The number of carboxylic acid groups (broad SMARTS) is 1. The van der Waals surface area contributed by atoms with Gasteiger partial charge in [0.25, 0.3) is 10.0 Å². The van der Waals surface area contributed by atoms with E-state index in [9.17, 15) is 18.0 Å². The molecule has 0 saturated carbocycles. The summed E-state index contributed by atoms with van der Waals surface area (Å²) in [6.07, 6.45) is 0. The number of carbonyl (C=O) groups excluding carboxylic acids is 1. The minimum absolute atomic E-state index is 0.0281. The molecule has 1 aromatic rings. The highest BCUT2D eigenvalue weighted by molar-refractivity contribution is 7.91. The van der Waals surface area contributed by atoms with Gasteiger partial charge in [0.1, 0.15) is 9.09 Å². The predicted octanol–water partition coefficient (Wildman–Crippen LogP) is 0.805. The molecular formula is C12H18N2O5S2. The Balaban J connectivity index is 2.72. The van der Waals surface area contributed by atoms with Crippen LogP contribution in [0.2, 0.25) is 0 Å². The topological polar surface area (TPSA) is 113 Å². The molecule has 0 bridgehead atoms. The normalized spacial score (nSPS) is 11.6. The van der Waals surface area contributed by atoms with Crippen molar-refractivity contribution in [1.82, 2.24) is 10.0 Å². The summed E-state index contributed by atoms with van der Waals surface area (Å²) < 4.78 is 26.0. The van der Waals surface area contributed by atoms with E-state index in [0.717, 1.165) is 0 Å². The summed E-state index contributed by atoms with van der Waals surface area (Å²) in [6.45, 7) is 5.45. The Hall–Kier alpha value is -1.45. The monoisotopic (exact) mass is 334 g/mol. The first kappa shape index (κ1) is 17.6. The van der Waals surface area contributed by atoms with E-state index in [1.54, 1.807) is 0 Å². The lowest BCUT2D eigenvalue weighted by atomic mass is 10.2. The molecule has 1 aromatic heterocycles. The smallest absolute Gasteiger partial charge is 0.346 e. The number of nitrogens with one attached hydrogen (secondary N) is 2. The molecule has 0 aliphatic rings. The van der Waals surface area contributed by atoms with Crippen LogP contribution in [0.5, 0.6) is 0 Å². The molecule has 1 heterocycles. The summed E-state index contributed by atoms with van der Waals surface area (Å²) in [7, 11) is -3.88. The van der Waals surface area contributed by atoms with E-state index in [-0.39, 0.29) is 21.5 Å². The van der Waals surface area contributed by atoms with Gasteiger partial charge in [-0.05, 0) is 24.5 Å². The van der Waals surface area contributed by atoms with Crippen LogP contribution in [0.1, 0.15) is 29.1 Å². The van der Waals surface area contributed by atoms with Gasteiger partial charge >= 0.3 is 5.97 Å². The van der Waals surface area contributed by atoms with Gasteiger partial charge in [-0.25, -0.2) is 17.9 Å². The van der Waals surface area contributed by atoms with Crippen molar-refractivity contribution in [2.24, 2.45) is 5.92 Å². The van der Waals surface area contributed by atoms with Gasteiger partial charge in [0.15, 0.2) is 0 Å². The standard InChI is InChI=1S/C12H18N2O5S2/c1-7(2)5-13-9(15)6-14-21(18,19)10-4-8(3)11(20-10)12(16)17/h4,7,14H,5-6H2,1-3H3,(H,13,15)(H,16,17). The molecule has 0 atom stereocenters. The molecule has 0 aromatic carbocycles. The van der Waals surface area contributed by atoms with Crippen LogP contribution >= 0.6 is 11.3 Å². The van der Waals surface area contributed by atoms with Crippen LogP contribution in [0.4, 0.5) is 0 Å². The Morgan fingerprint density at radius 1 is 1.38 bits per heavy atom. The second kappa shape index (κ2) is 7.01. The Morgan fingerprint density at radius 3 is 2.48 bits per heavy atom. The van der Waals surface area contributed by atoms with E-state index < -0.39 is 21.9 Å². The molecule has 0 aliphatic carbocycles. The lowest BCUT2D eigenvalue weighted by Crippen LogP contribution is -2.38. The molecule has 0 fully saturated rings. The van der Waals surface area contributed by atoms with Gasteiger partial charge < -0.3 is 10.4 Å². The molecule has 3 N–H and O–H groups in total. The number of sulfonamides is 1. The van der Waals surface area contributed by atoms with E-state index in [1.807, 2.05) is 13.8 Å². The molecule has 7 nitrogen and oxygen atoms in total. The van der Waals surface area contributed by atoms with Gasteiger partial charge in [-0.1, -0.05) is 13.8 Å². The average molecular weight is 334 g/mol. The Morgan fingerprint density at radius 2 is 2.00 bits per heavy atom. The van der Waals surface area contributed by atoms with Crippen molar-refractivity contribution >= 4 is 33.2 Å². The Labute approximate surface area is 127 Å². The maximum Gasteiger partial charge on any atom is 0.346 e. The van der Waals surface area contributed by atoms with Crippen molar-refractivity contribution in [1.29, 1.82) is 0 Å². The zero-order valence-electron chi connectivity index (χ0n) is 12.0. The van der Waals surface area contributed by atoms with Gasteiger partial charge in [0.05, 0.1) is 6.54 Å². The van der Waals surface area contributed by atoms with Crippen molar-refractivity contribution in [2.75, 3.05) is 13.1 Å². The molecule has 1 rings (SSSR count). The third-order valence-electron chi connectivity index (χ3n) is 2.48. The number of carboxylic acids is 1. The molecule has 0 aliphatic heterocycles. The third kappa shape index (κ3) is 5.10. The molecule has 1 amide bonds. The lowest BCUT2D eigenvalue weighted by molar-refractivity contribution is -0.120. The Bertz CT molecular complexity index is 634. The molecule has 0 spiro atoms. The van der Waals surface area contributed by atoms with E-state index in [0.29, 0.717) is 23.4 Å². The predicted molar refractivity (Wildman–Crippen MR) is 79.1 cm³/mol. The SMILES string of the molecule is Cc1cc(S(=O)(=O)NCC(=O)NCC(C)C)sc1C(=O)O. The van der Waals surface area contributed by atoms with Crippen molar-refractivity contribution in [2.45, 2.75) is 25.0 Å². The van der Waals surface area contributed by atoms with Crippen LogP contribution in [0.15, 0.2) is 10.3 Å². The molecule has 0 saturated heterocycles. The van der Waals surface area contributed by atoms with E-state index in [4.69, 9.17) is 5.11 Å². The van der Waals surface area contributed by atoms with Gasteiger partial charge in [-0.3, -0.25) is 4.79 Å². The lowest BCUT2D eigenvalue weighted by Gasteiger charge is -2.08. The summed E-state index contributed by atoms with van der Waals surface area (Å²) in [5.74, 6) is -1.34. The maximum atomic E-state index is 12.0. The largest absolute Gasteiger partial charge is 0.477 e. The number of thiophene rings is 1. The quantitative estimate of drug-likeness (QED) is 0.683. The van der Waals surface area contributed by atoms with Gasteiger partial charge in [-0.15, -0.1) is 11.3 Å². The number of aryl methyl sites for hydroxylation is 1. The fraction of sp³-hybridized carbons (Fsp3) is 0.500. The van der Waals surface area contributed by atoms with Gasteiger partial charge in [-0.2, -0.15) is 0 Å². The first-order valence-electron chi connectivity index (χ1n) is 6.23. The fourth-order valence-electron chi connectivity index (χ4n) is 1.41. The second-order valence-corrected chi connectivity index (χ2v) is 7.95. The third-order valence-corrected chi connectivity index (χ3v) is 5.58. The summed E-state index contributed by atoms with van der Waals surface area (Å²) in [6, 6.07) is 1.28. The fourth-order valence-corrected chi connectivity index (χ4v) is 3.81. The first-order chi connectivity index (χ1) is 9.63. The van der Waals surface area contributed by atoms with E-state index in [1.165, 1.54) is 13.0 Å². The number of carbonyl (C=O) groups is 2. The molecule has 0 radical (unpaired) electrons. The molecule has 0 unspecified atom stereocenters. The average Bonchev–Trinajstić information content (AvgIpc) is 2.77. The molecular weight excluding hydrogens is 316 g/mol. The highest BCUT2D eigenvalue weighted by Gasteiger charge is 2.22. The molecule has 21 heavy (non-hydrogen) atoms. The van der Waals surface area contributed by atoms with E-state index in [2.05, 4.69) is 10.0 Å². The number of hydrogen-bond acceptors (Lipinski definition) is 5.